The maximum atomic E-state index is 9.41. The van der Waals surface area contributed by atoms with Gasteiger partial charge in [-0.15, -0.1) is 0 Å². The van der Waals surface area contributed by atoms with Crippen molar-refractivity contribution in [3.05, 3.63) is 11.4 Å². The molecule has 0 aromatic carbocycles. The first kappa shape index (κ1) is 16.0. The van der Waals surface area contributed by atoms with E-state index < -0.39 is 0 Å². The third-order valence-corrected chi connectivity index (χ3v) is 4.16. The second kappa shape index (κ2) is 6.18. The molecular formula is C16H28N4O. The fourth-order valence-corrected chi connectivity index (χ4v) is 2.63. The molecule has 0 amide bonds. The maximum Gasteiger partial charge on any atom is 0.138 e. The van der Waals surface area contributed by atoms with Crippen molar-refractivity contribution in [1.29, 1.82) is 0 Å². The van der Waals surface area contributed by atoms with Crippen LogP contribution in [0.15, 0.2) is 0 Å². The second-order valence-electron chi connectivity index (χ2n) is 6.85. The lowest BCUT2D eigenvalue weighted by Crippen LogP contribution is -2.43. The van der Waals surface area contributed by atoms with Crippen LogP contribution in [0, 0.1) is 6.92 Å². The molecule has 0 unspecified atom stereocenters. The molecule has 1 aliphatic carbocycles. The van der Waals surface area contributed by atoms with E-state index in [1.165, 1.54) is 19.3 Å². The van der Waals surface area contributed by atoms with Crippen molar-refractivity contribution in [3.63, 3.8) is 0 Å². The van der Waals surface area contributed by atoms with Gasteiger partial charge in [0.15, 0.2) is 0 Å². The third kappa shape index (κ3) is 3.28. The van der Waals surface area contributed by atoms with E-state index in [0.717, 1.165) is 23.0 Å². The Morgan fingerprint density at radius 3 is 2.38 bits per heavy atom. The number of aromatic nitrogens is 2. The molecule has 0 bridgehead atoms. The predicted octanol–water partition coefficient (Wildman–Crippen LogP) is 2.48. The highest BCUT2D eigenvalue weighted by Crippen LogP contribution is 2.33. The maximum absolute atomic E-state index is 9.41. The highest BCUT2D eigenvalue weighted by Gasteiger charge is 2.29. The van der Waals surface area contributed by atoms with Crippen molar-refractivity contribution in [3.8, 4) is 0 Å². The van der Waals surface area contributed by atoms with Gasteiger partial charge in [-0.2, -0.15) is 0 Å². The molecule has 2 rings (SSSR count). The molecule has 0 atom stereocenters. The lowest BCUT2D eigenvalue weighted by atomic mass is 9.91. The molecule has 2 N–H and O–H groups in total. The normalized spacial score (nSPS) is 15.7. The van der Waals surface area contributed by atoms with E-state index in [1.807, 2.05) is 7.05 Å². The molecular weight excluding hydrogens is 264 g/mol. The first-order valence-electron chi connectivity index (χ1n) is 7.83. The Bertz CT molecular complexity index is 492. The summed E-state index contributed by atoms with van der Waals surface area (Å²) < 4.78 is 0. The number of aliphatic hydroxyl groups is 1. The highest BCUT2D eigenvalue weighted by atomic mass is 16.3. The van der Waals surface area contributed by atoms with Gasteiger partial charge < -0.3 is 15.3 Å². The fraction of sp³-hybridized carbons (Fsp3) is 0.750. The van der Waals surface area contributed by atoms with Gasteiger partial charge >= 0.3 is 0 Å². The summed E-state index contributed by atoms with van der Waals surface area (Å²) in [4.78, 5) is 11.8. The first-order chi connectivity index (χ1) is 9.88. The minimum absolute atomic E-state index is 0.0987. The van der Waals surface area contributed by atoms with Crippen molar-refractivity contribution in [1.82, 2.24) is 9.97 Å². The van der Waals surface area contributed by atoms with E-state index in [4.69, 9.17) is 4.98 Å². The van der Waals surface area contributed by atoms with Crippen LogP contribution in [0.1, 0.15) is 51.4 Å². The number of aliphatic hydroxyl groups excluding tert-OH is 1. The SMILES string of the molecule is CNc1nc(C(C)(C)C)nc(N(CCO)C2CCC2)c1C. The van der Waals surface area contributed by atoms with Gasteiger partial charge in [0.25, 0.3) is 0 Å². The average Bonchev–Trinajstić information content (AvgIpc) is 2.35. The largest absolute Gasteiger partial charge is 0.395 e. The molecule has 0 radical (unpaired) electrons. The minimum atomic E-state index is -0.0987. The Kier molecular flexibility index (Phi) is 4.71. The van der Waals surface area contributed by atoms with Crippen molar-refractivity contribution in [2.24, 2.45) is 0 Å². The highest BCUT2D eigenvalue weighted by molar-refractivity contribution is 5.59. The number of hydrogen-bond acceptors (Lipinski definition) is 5. The van der Waals surface area contributed by atoms with Crippen molar-refractivity contribution >= 4 is 11.6 Å². The Morgan fingerprint density at radius 2 is 1.95 bits per heavy atom. The number of anilines is 2. The summed E-state index contributed by atoms with van der Waals surface area (Å²) >= 11 is 0. The number of nitrogens with one attached hydrogen (secondary N) is 1. The predicted molar refractivity (Wildman–Crippen MR) is 87.1 cm³/mol. The number of rotatable bonds is 5. The molecule has 1 fully saturated rings. The summed E-state index contributed by atoms with van der Waals surface area (Å²) in [5, 5.41) is 12.6. The van der Waals surface area contributed by atoms with Gasteiger partial charge in [-0.25, -0.2) is 9.97 Å². The molecule has 0 spiro atoms. The van der Waals surface area contributed by atoms with Crippen LogP contribution < -0.4 is 10.2 Å². The minimum Gasteiger partial charge on any atom is -0.395 e. The van der Waals surface area contributed by atoms with Gasteiger partial charge in [-0.3, -0.25) is 0 Å². The number of hydrogen-bond donors (Lipinski definition) is 2. The summed E-state index contributed by atoms with van der Waals surface area (Å²) in [6, 6.07) is 0.503. The molecule has 1 aromatic rings. The van der Waals surface area contributed by atoms with Gasteiger partial charge in [0.2, 0.25) is 0 Å². The van der Waals surface area contributed by atoms with E-state index in [1.54, 1.807) is 0 Å². The smallest absolute Gasteiger partial charge is 0.138 e. The molecule has 5 nitrogen and oxygen atoms in total. The Hall–Kier alpha value is -1.36. The molecule has 5 heteroatoms. The van der Waals surface area contributed by atoms with E-state index in [0.29, 0.717) is 12.6 Å². The topological polar surface area (TPSA) is 61.3 Å². The Labute approximate surface area is 127 Å². The van der Waals surface area contributed by atoms with E-state index in [2.05, 4.69) is 42.9 Å². The van der Waals surface area contributed by atoms with Crippen LogP contribution in [0.5, 0.6) is 0 Å². The van der Waals surface area contributed by atoms with Crippen LogP contribution in [0.25, 0.3) is 0 Å². The zero-order valence-corrected chi connectivity index (χ0v) is 13.9. The first-order valence-corrected chi connectivity index (χ1v) is 7.83. The molecule has 1 aromatic heterocycles. The van der Waals surface area contributed by atoms with E-state index >= 15 is 0 Å². The Balaban J connectivity index is 2.48. The van der Waals surface area contributed by atoms with E-state index in [9.17, 15) is 5.11 Å². The van der Waals surface area contributed by atoms with Crippen LogP contribution in [0.2, 0.25) is 0 Å². The van der Waals surface area contributed by atoms with Crippen molar-refractivity contribution < 1.29 is 5.11 Å². The van der Waals surface area contributed by atoms with Crippen LogP contribution in [0.3, 0.4) is 0 Å². The van der Waals surface area contributed by atoms with Gasteiger partial charge in [0.1, 0.15) is 17.5 Å². The summed E-state index contributed by atoms with van der Waals surface area (Å²) in [6.07, 6.45) is 3.63. The van der Waals surface area contributed by atoms with Crippen LogP contribution in [-0.2, 0) is 5.41 Å². The van der Waals surface area contributed by atoms with Gasteiger partial charge in [0.05, 0.1) is 6.61 Å². The lowest BCUT2D eigenvalue weighted by Gasteiger charge is -2.39. The van der Waals surface area contributed by atoms with Crippen molar-refractivity contribution in [2.45, 2.75) is 58.4 Å². The molecule has 118 valence electrons. The summed E-state index contributed by atoms with van der Waals surface area (Å²) in [5.74, 6) is 2.69. The quantitative estimate of drug-likeness (QED) is 0.873. The summed E-state index contributed by atoms with van der Waals surface area (Å²) in [6.45, 7) is 9.22. The summed E-state index contributed by atoms with van der Waals surface area (Å²) in [7, 11) is 1.89. The molecule has 21 heavy (non-hydrogen) atoms. The number of nitrogens with zero attached hydrogens (tertiary/aromatic N) is 3. The lowest BCUT2D eigenvalue weighted by molar-refractivity contribution is 0.282. The average molecular weight is 292 g/mol. The zero-order valence-electron chi connectivity index (χ0n) is 13.9. The monoisotopic (exact) mass is 292 g/mol. The zero-order chi connectivity index (χ0) is 15.6. The summed E-state index contributed by atoms with van der Waals surface area (Å²) in [5.41, 5.74) is 0.962. The fourth-order valence-electron chi connectivity index (χ4n) is 2.63. The second-order valence-corrected chi connectivity index (χ2v) is 6.85. The van der Waals surface area contributed by atoms with Crippen LogP contribution >= 0.6 is 0 Å². The van der Waals surface area contributed by atoms with Gasteiger partial charge in [-0.05, 0) is 26.2 Å². The molecule has 0 aliphatic heterocycles. The van der Waals surface area contributed by atoms with Crippen LogP contribution in [-0.4, -0.2) is 41.3 Å². The molecule has 0 saturated heterocycles. The van der Waals surface area contributed by atoms with Gasteiger partial charge in [0, 0.05) is 30.6 Å². The van der Waals surface area contributed by atoms with E-state index in [-0.39, 0.29) is 12.0 Å². The molecule has 1 saturated carbocycles. The van der Waals surface area contributed by atoms with Gasteiger partial charge in [-0.1, -0.05) is 20.8 Å². The molecule has 1 heterocycles. The standard InChI is InChI=1S/C16H28N4O/c1-11-13(17-5)18-15(16(2,3)4)19-14(11)20(9-10-21)12-7-6-8-12/h12,21H,6-10H2,1-5H3,(H,17,18,19). The van der Waals surface area contributed by atoms with Crippen molar-refractivity contribution in [2.75, 3.05) is 30.4 Å². The Morgan fingerprint density at radius 1 is 1.29 bits per heavy atom. The molecule has 1 aliphatic rings. The third-order valence-electron chi connectivity index (χ3n) is 4.16. The van der Waals surface area contributed by atoms with Crippen LogP contribution in [0.4, 0.5) is 11.6 Å².